The van der Waals surface area contributed by atoms with Gasteiger partial charge in [0, 0.05) is 20.3 Å². The molecule has 0 radical (unpaired) electrons. The van der Waals surface area contributed by atoms with E-state index < -0.39 is 20.2 Å². The highest BCUT2D eigenvalue weighted by Crippen LogP contribution is 2.21. The summed E-state index contributed by atoms with van der Waals surface area (Å²) in [5.41, 5.74) is 0.735. The normalized spacial score (nSPS) is 11.9. The Balaban J connectivity index is 2.23. The van der Waals surface area contributed by atoms with E-state index in [1.165, 1.54) is 12.1 Å². The summed E-state index contributed by atoms with van der Waals surface area (Å²) in [5, 5.41) is 0. The molecule has 0 N–H and O–H groups in total. The molecule has 5 heteroatoms. The molecule has 1 rings (SSSR count). The zero-order valence-corrected chi connectivity index (χ0v) is 14.3. The maximum absolute atomic E-state index is 13.0. The van der Waals surface area contributed by atoms with Crippen molar-refractivity contribution in [3.63, 3.8) is 0 Å². The van der Waals surface area contributed by atoms with E-state index >= 15 is 0 Å². The lowest BCUT2D eigenvalue weighted by atomic mass is 10.1. The highest BCUT2D eigenvalue weighted by molar-refractivity contribution is 6.67. The number of unbranched alkanes of at least 4 members (excludes halogenated alkanes) is 3. The van der Waals surface area contributed by atoms with E-state index in [1.54, 1.807) is 14.2 Å². The quantitative estimate of drug-likeness (QED) is 0.455. The lowest BCUT2D eigenvalue weighted by molar-refractivity contribution is 0.241. The molecule has 0 spiro atoms. The predicted octanol–water partition coefficient (Wildman–Crippen LogP) is 4.82. The van der Waals surface area contributed by atoms with Crippen molar-refractivity contribution >= 4 is 8.56 Å². The predicted molar refractivity (Wildman–Crippen MR) is 83.6 cm³/mol. The first-order chi connectivity index (χ1) is 10.0. The Hall–Kier alpha value is -0.783. The van der Waals surface area contributed by atoms with Gasteiger partial charge in [0.25, 0.3) is 0 Å². The van der Waals surface area contributed by atoms with Crippen LogP contribution in [0.25, 0.3) is 0 Å². The van der Waals surface area contributed by atoms with Crippen LogP contribution in [0.1, 0.15) is 38.2 Å². The summed E-state index contributed by atoms with van der Waals surface area (Å²) in [4.78, 5) is 0. The average molecular weight is 316 g/mol. The molecule has 1 aromatic rings. The van der Waals surface area contributed by atoms with Gasteiger partial charge in [0.1, 0.15) is 11.6 Å². The molecule has 0 unspecified atom stereocenters. The highest BCUT2D eigenvalue weighted by Gasteiger charge is 2.32. The van der Waals surface area contributed by atoms with Crippen LogP contribution >= 0.6 is 0 Å². The molecule has 21 heavy (non-hydrogen) atoms. The number of hydrogen-bond donors (Lipinski definition) is 0. The molecule has 2 nitrogen and oxygen atoms in total. The molecule has 0 amide bonds. The maximum atomic E-state index is 13.0. The van der Waals surface area contributed by atoms with Gasteiger partial charge >= 0.3 is 8.56 Å². The molecule has 0 aliphatic heterocycles. The Kier molecular flexibility index (Phi) is 8.07. The fourth-order valence-corrected chi connectivity index (χ4v) is 4.88. The number of aryl methyl sites for hydroxylation is 1. The largest absolute Gasteiger partial charge is 0.398 e. The maximum Gasteiger partial charge on any atom is 0.337 e. The lowest BCUT2D eigenvalue weighted by Crippen LogP contribution is -2.38. The number of rotatable bonds is 10. The molecule has 0 aliphatic carbocycles. The molecular weight excluding hydrogens is 290 g/mol. The first kappa shape index (κ1) is 18.3. The standard InChI is InChI=1S/C16H26F2O2Si/c1-4-21(19-2,20-3)10-8-6-5-7-9-14-11-15(17)13-16(18)12-14/h11-13H,4-10H2,1-3H3. The number of halogens is 2. The monoisotopic (exact) mass is 316 g/mol. The summed E-state index contributed by atoms with van der Waals surface area (Å²) in [6.07, 6.45) is 4.90. The Morgan fingerprint density at radius 1 is 0.905 bits per heavy atom. The Morgan fingerprint density at radius 2 is 1.48 bits per heavy atom. The summed E-state index contributed by atoms with van der Waals surface area (Å²) in [7, 11) is 1.51. The van der Waals surface area contributed by atoms with E-state index in [0.717, 1.165) is 55.8 Å². The van der Waals surface area contributed by atoms with Crippen molar-refractivity contribution in [3.05, 3.63) is 35.4 Å². The molecule has 1 aromatic carbocycles. The van der Waals surface area contributed by atoms with Crippen LogP contribution in [0.5, 0.6) is 0 Å². The third-order valence-electron chi connectivity index (χ3n) is 3.98. The van der Waals surface area contributed by atoms with E-state index in [-0.39, 0.29) is 0 Å². The number of hydrogen-bond acceptors (Lipinski definition) is 2. The van der Waals surface area contributed by atoms with E-state index in [4.69, 9.17) is 8.85 Å². The summed E-state index contributed by atoms with van der Waals surface area (Å²) in [6.45, 7) is 2.11. The second kappa shape index (κ2) is 9.28. The van der Waals surface area contributed by atoms with Gasteiger partial charge < -0.3 is 8.85 Å². The zero-order valence-electron chi connectivity index (χ0n) is 13.3. The van der Waals surface area contributed by atoms with Crippen molar-refractivity contribution < 1.29 is 17.6 Å². The fourth-order valence-electron chi connectivity index (χ4n) is 2.59. The van der Waals surface area contributed by atoms with Gasteiger partial charge in [-0.3, -0.25) is 0 Å². The van der Waals surface area contributed by atoms with Crippen LogP contribution in [0.15, 0.2) is 18.2 Å². The molecule has 0 bridgehead atoms. The van der Waals surface area contributed by atoms with E-state index in [0.29, 0.717) is 0 Å². The van der Waals surface area contributed by atoms with Crippen molar-refractivity contribution in [1.82, 2.24) is 0 Å². The Labute approximate surface area is 127 Å². The minimum Gasteiger partial charge on any atom is -0.398 e. The first-order valence-corrected chi connectivity index (χ1v) is 9.83. The fraction of sp³-hybridized carbons (Fsp3) is 0.625. The van der Waals surface area contributed by atoms with Crippen molar-refractivity contribution in [3.8, 4) is 0 Å². The topological polar surface area (TPSA) is 18.5 Å². The van der Waals surface area contributed by atoms with E-state index in [1.807, 2.05) is 0 Å². The van der Waals surface area contributed by atoms with Gasteiger partial charge in [-0.25, -0.2) is 8.78 Å². The average Bonchev–Trinajstić information content (AvgIpc) is 2.46. The van der Waals surface area contributed by atoms with Crippen LogP contribution in [-0.2, 0) is 15.3 Å². The number of benzene rings is 1. The molecule has 0 atom stereocenters. The molecule has 0 aliphatic rings. The minimum atomic E-state index is -1.96. The third-order valence-corrected chi connectivity index (χ3v) is 7.66. The van der Waals surface area contributed by atoms with Crippen LogP contribution in [0.2, 0.25) is 12.1 Å². The second-order valence-corrected chi connectivity index (χ2v) is 9.21. The molecule has 0 saturated heterocycles. The van der Waals surface area contributed by atoms with E-state index in [2.05, 4.69) is 6.92 Å². The molecule has 120 valence electrons. The molecule has 0 saturated carbocycles. The van der Waals surface area contributed by atoms with Crippen molar-refractivity contribution in [2.45, 2.75) is 51.1 Å². The molecule has 0 heterocycles. The van der Waals surface area contributed by atoms with Gasteiger partial charge in [0.2, 0.25) is 0 Å². The van der Waals surface area contributed by atoms with Crippen LogP contribution in [0.3, 0.4) is 0 Å². The summed E-state index contributed by atoms with van der Waals surface area (Å²) >= 11 is 0. The summed E-state index contributed by atoms with van der Waals surface area (Å²) in [6, 6.07) is 5.70. The molecule has 0 aromatic heterocycles. The van der Waals surface area contributed by atoms with Gasteiger partial charge in [0.05, 0.1) is 0 Å². The van der Waals surface area contributed by atoms with Crippen LogP contribution in [0, 0.1) is 11.6 Å². The second-order valence-electron chi connectivity index (χ2n) is 5.36. The highest BCUT2D eigenvalue weighted by atomic mass is 28.4. The zero-order chi connectivity index (χ0) is 15.7. The van der Waals surface area contributed by atoms with Crippen LogP contribution in [-0.4, -0.2) is 22.8 Å². The van der Waals surface area contributed by atoms with Gasteiger partial charge in [-0.2, -0.15) is 0 Å². The molecule has 0 fully saturated rings. The van der Waals surface area contributed by atoms with Crippen LogP contribution < -0.4 is 0 Å². The van der Waals surface area contributed by atoms with Gasteiger partial charge in [0.15, 0.2) is 0 Å². The minimum absolute atomic E-state index is 0.496. The molecular formula is C16H26F2O2Si. The smallest absolute Gasteiger partial charge is 0.337 e. The lowest BCUT2D eigenvalue weighted by Gasteiger charge is -2.25. The first-order valence-electron chi connectivity index (χ1n) is 7.60. The van der Waals surface area contributed by atoms with Crippen molar-refractivity contribution in [2.24, 2.45) is 0 Å². The van der Waals surface area contributed by atoms with Gasteiger partial charge in [-0.05, 0) is 42.6 Å². The summed E-state index contributed by atoms with van der Waals surface area (Å²) in [5.74, 6) is -0.993. The van der Waals surface area contributed by atoms with Crippen LogP contribution in [0.4, 0.5) is 8.78 Å². The van der Waals surface area contributed by atoms with Crippen molar-refractivity contribution in [2.75, 3.05) is 14.2 Å². The summed E-state index contributed by atoms with van der Waals surface area (Å²) < 4.78 is 37.2. The van der Waals surface area contributed by atoms with Gasteiger partial charge in [-0.1, -0.05) is 26.2 Å². The Bertz CT molecular complexity index is 394. The Morgan fingerprint density at radius 3 is 2.00 bits per heavy atom. The van der Waals surface area contributed by atoms with E-state index in [9.17, 15) is 8.78 Å². The van der Waals surface area contributed by atoms with Crippen molar-refractivity contribution in [1.29, 1.82) is 0 Å². The third kappa shape index (κ3) is 6.24. The SMILES string of the molecule is CC[Si](CCCCCCc1cc(F)cc(F)c1)(OC)OC. The van der Waals surface area contributed by atoms with Gasteiger partial charge in [-0.15, -0.1) is 0 Å².